The normalized spacial score (nSPS) is 16.4. The Labute approximate surface area is 76.0 Å². The third-order valence-electron chi connectivity index (χ3n) is 2.19. The summed E-state index contributed by atoms with van der Waals surface area (Å²) in [5, 5.41) is 0. The largest absolute Gasteiger partial charge is 0.388 e. The predicted octanol–water partition coefficient (Wildman–Crippen LogP) is 2.25. The molecule has 1 saturated carbocycles. The second-order valence-corrected chi connectivity index (χ2v) is 5.80. The Balaban J connectivity index is 1.78. The lowest BCUT2D eigenvalue weighted by Crippen LogP contribution is -2.02. The lowest BCUT2D eigenvalue weighted by molar-refractivity contribution is 0.125. The topological polar surface area (TPSA) is 26.3 Å². The molecule has 0 heterocycles. The molecule has 0 aromatic carbocycles. The van der Waals surface area contributed by atoms with E-state index in [1.807, 2.05) is 6.92 Å². The van der Waals surface area contributed by atoms with Gasteiger partial charge < -0.3 is 9.20 Å². The van der Waals surface area contributed by atoms with E-state index in [2.05, 4.69) is 0 Å². The fourth-order valence-electron chi connectivity index (χ4n) is 1.08. The lowest BCUT2D eigenvalue weighted by Gasteiger charge is -2.00. The summed E-state index contributed by atoms with van der Waals surface area (Å²) in [5.74, 6) is 0.855. The van der Waals surface area contributed by atoms with Gasteiger partial charge in [0.1, 0.15) is 0 Å². The third-order valence-corrected chi connectivity index (χ3v) is 3.89. The van der Waals surface area contributed by atoms with E-state index in [-0.39, 0.29) is 0 Å². The molecule has 1 rings (SSSR count). The van der Waals surface area contributed by atoms with Crippen LogP contribution in [0.15, 0.2) is 0 Å². The molecule has 0 atom stereocenters. The van der Waals surface area contributed by atoms with Crippen molar-refractivity contribution in [2.45, 2.75) is 38.3 Å². The molecule has 12 heavy (non-hydrogen) atoms. The highest BCUT2D eigenvalue weighted by Crippen LogP contribution is 2.28. The van der Waals surface area contributed by atoms with E-state index >= 15 is 0 Å². The van der Waals surface area contributed by atoms with Crippen molar-refractivity contribution in [3.63, 3.8) is 0 Å². The average molecular weight is 186 g/mol. The second-order valence-electron chi connectivity index (χ2n) is 3.51. The van der Waals surface area contributed by atoms with Gasteiger partial charge in [-0.1, -0.05) is 6.92 Å². The van der Waals surface area contributed by atoms with Crippen LogP contribution in [0, 0.1) is 5.92 Å². The van der Waals surface area contributed by atoms with Gasteiger partial charge in [-0.3, -0.25) is 0 Å². The zero-order valence-corrected chi connectivity index (χ0v) is 8.84. The number of hydrogen-bond acceptors (Lipinski definition) is 2. The van der Waals surface area contributed by atoms with Crippen LogP contribution in [-0.2, 0) is 9.20 Å². The first-order valence-electron chi connectivity index (χ1n) is 4.92. The van der Waals surface area contributed by atoms with E-state index in [1.165, 1.54) is 12.8 Å². The molecule has 0 aliphatic heterocycles. The Morgan fingerprint density at radius 2 is 2.25 bits per heavy atom. The zero-order valence-electron chi connectivity index (χ0n) is 7.84. The molecule has 70 valence electrons. The molecule has 0 radical (unpaired) electrons. The van der Waals surface area contributed by atoms with Crippen LogP contribution in [0.3, 0.4) is 0 Å². The third kappa shape index (κ3) is 4.77. The maximum atomic E-state index is 11.1. The first kappa shape index (κ1) is 10.1. The van der Waals surface area contributed by atoms with Gasteiger partial charge in [0.2, 0.25) is 0 Å². The molecule has 1 fully saturated rings. The summed E-state index contributed by atoms with van der Waals surface area (Å²) in [7, 11) is -1.24. The SMILES string of the molecule is CC[Si](=O)CCCOCC1CC1. The van der Waals surface area contributed by atoms with Crippen LogP contribution in [0.1, 0.15) is 26.2 Å². The van der Waals surface area contributed by atoms with Crippen molar-refractivity contribution in [3.8, 4) is 0 Å². The second kappa shape index (κ2) is 5.59. The van der Waals surface area contributed by atoms with Crippen molar-refractivity contribution >= 4 is 8.68 Å². The van der Waals surface area contributed by atoms with Crippen molar-refractivity contribution in [3.05, 3.63) is 0 Å². The van der Waals surface area contributed by atoms with Crippen LogP contribution in [0.2, 0.25) is 12.1 Å². The van der Waals surface area contributed by atoms with Gasteiger partial charge in [-0.2, -0.15) is 0 Å². The van der Waals surface area contributed by atoms with Gasteiger partial charge in [0.05, 0.1) is 0 Å². The number of hydrogen-bond donors (Lipinski definition) is 0. The van der Waals surface area contributed by atoms with Gasteiger partial charge in [-0.15, -0.1) is 0 Å². The van der Waals surface area contributed by atoms with Gasteiger partial charge in [-0.25, -0.2) is 0 Å². The van der Waals surface area contributed by atoms with Crippen molar-refractivity contribution in [1.82, 2.24) is 0 Å². The summed E-state index contributed by atoms with van der Waals surface area (Å²) in [6.07, 6.45) is 3.69. The molecule has 0 aromatic rings. The first-order chi connectivity index (χ1) is 5.83. The smallest absolute Gasteiger partial charge is 0.276 e. The summed E-state index contributed by atoms with van der Waals surface area (Å²) in [6.45, 7) is 3.74. The lowest BCUT2D eigenvalue weighted by atomic mass is 10.4. The highest BCUT2D eigenvalue weighted by Gasteiger charge is 2.20. The molecule has 1 aliphatic rings. The van der Waals surface area contributed by atoms with E-state index in [9.17, 15) is 4.46 Å². The Bertz CT molecular complexity index is 143. The van der Waals surface area contributed by atoms with E-state index in [1.54, 1.807) is 0 Å². The molecule has 0 unspecified atom stereocenters. The molecule has 1 aliphatic carbocycles. The summed E-state index contributed by atoms with van der Waals surface area (Å²) in [4.78, 5) is 0. The minimum absolute atomic E-state index is 0.812. The van der Waals surface area contributed by atoms with Crippen LogP contribution in [-0.4, -0.2) is 21.9 Å². The highest BCUT2D eigenvalue weighted by atomic mass is 28.3. The summed E-state index contributed by atoms with van der Waals surface area (Å²) in [5.41, 5.74) is 0. The Morgan fingerprint density at radius 3 is 2.83 bits per heavy atom. The minimum Gasteiger partial charge on any atom is -0.388 e. The van der Waals surface area contributed by atoms with Crippen molar-refractivity contribution in [1.29, 1.82) is 0 Å². The Hall–Kier alpha value is -0.0231. The molecule has 0 amide bonds. The minimum atomic E-state index is -1.24. The van der Waals surface area contributed by atoms with E-state index in [0.29, 0.717) is 0 Å². The van der Waals surface area contributed by atoms with Gasteiger partial charge in [-0.05, 0) is 37.3 Å². The molecule has 2 nitrogen and oxygen atoms in total. The molecule has 0 saturated heterocycles. The molecule has 0 aromatic heterocycles. The maximum Gasteiger partial charge on any atom is 0.276 e. The molecule has 0 bridgehead atoms. The molecule has 0 N–H and O–H groups in total. The van der Waals surface area contributed by atoms with Gasteiger partial charge in [0, 0.05) is 13.2 Å². The fraction of sp³-hybridized carbons (Fsp3) is 1.00. The van der Waals surface area contributed by atoms with Crippen molar-refractivity contribution < 1.29 is 9.20 Å². The van der Waals surface area contributed by atoms with Gasteiger partial charge >= 0.3 is 0 Å². The standard InChI is InChI=1S/C9H18O2Si/c1-2-12(10)7-3-6-11-8-9-4-5-9/h9H,2-8H2,1H3. The predicted molar refractivity (Wildman–Crippen MR) is 49.9 cm³/mol. The summed E-state index contributed by atoms with van der Waals surface area (Å²) in [6, 6.07) is 1.74. The van der Waals surface area contributed by atoms with Crippen LogP contribution >= 0.6 is 0 Å². The monoisotopic (exact) mass is 186 g/mol. The maximum absolute atomic E-state index is 11.1. The van der Waals surface area contributed by atoms with Crippen LogP contribution in [0.25, 0.3) is 0 Å². The molecular formula is C9H18O2Si. The van der Waals surface area contributed by atoms with Crippen molar-refractivity contribution in [2.24, 2.45) is 5.92 Å². The molecule has 0 spiro atoms. The quantitative estimate of drug-likeness (QED) is 0.450. The van der Waals surface area contributed by atoms with E-state index in [4.69, 9.17) is 4.74 Å². The Morgan fingerprint density at radius 1 is 1.50 bits per heavy atom. The summed E-state index contributed by atoms with van der Waals surface area (Å²) >= 11 is 0. The average Bonchev–Trinajstić information content (AvgIpc) is 2.87. The van der Waals surface area contributed by atoms with Gasteiger partial charge in [0.25, 0.3) is 8.68 Å². The van der Waals surface area contributed by atoms with Crippen molar-refractivity contribution in [2.75, 3.05) is 13.2 Å². The summed E-state index contributed by atoms with van der Waals surface area (Å²) < 4.78 is 16.5. The number of ether oxygens (including phenoxy) is 1. The molecular weight excluding hydrogens is 168 g/mol. The van der Waals surface area contributed by atoms with E-state index < -0.39 is 8.68 Å². The zero-order chi connectivity index (χ0) is 8.81. The van der Waals surface area contributed by atoms with Gasteiger partial charge in [0.15, 0.2) is 0 Å². The van der Waals surface area contributed by atoms with Crippen LogP contribution in [0.4, 0.5) is 0 Å². The highest BCUT2D eigenvalue weighted by molar-refractivity contribution is 6.42. The number of rotatable bonds is 7. The van der Waals surface area contributed by atoms with Crippen LogP contribution < -0.4 is 0 Å². The first-order valence-corrected chi connectivity index (χ1v) is 6.74. The molecule has 3 heteroatoms. The van der Waals surface area contributed by atoms with Crippen LogP contribution in [0.5, 0.6) is 0 Å². The van der Waals surface area contributed by atoms with E-state index in [0.717, 1.165) is 37.6 Å². The Kier molecular flexibility index (Phi) is 4.69. The fourth-order valence-corrected chi connectivity index (χ4v) is 1.97.